The summed E-state index contributed by atoms with van der Waals surface area (Å²) in [7, 11) is 0. The fraction of sp³-hybridized carbons (Fsp3) is 0. The van der Waals surface area contributed by atoms with Gasteiger partial charge in [-0.1, -0.05) is 0 Å². The first-order valence-electron chi connectivity index (χ1n) is 2.52. The second-order valence-corrected chi connectivity index (χ2v) is 4.51. The molecule has 0 saturated heterocycles. The van der Waals surface area contributed by atoms with Gasteiger partial charge in [0.2, 0.25) is 0 Å². The van der Waals surface area contributed by atoms with Gasteiger partial charge in [0.25, 0.3) is 0 Å². The highest BCUT2D eigenvalue weighted by Crippen LogP contribution is 2.31. The highest BCUT2D eigenvalue weighted by Gasteiger charge is 2.12. The third-order valence-corrected chi connectivity index (χ3v) is 4.79. The molecule has 0 bridgehead atoms. The van der Waals surface area contributed by atoms with Crippen LogP contribution >= 0.6 is 54.5 Å². The molecule has 1 rings (SSSR count). The molecule has 0 radical (unpaired) electrons. The van der Waals surface area contributed by atoms with E-state index in [4.69, 9.17) is 0 Å². The van der Waals surface area contributed by atoms with Crippen molar-refractivity contribution in [3.8, 4) is 0 Å². The summed E-state index contributed by atoms with van der Waals surface area (Å²) in [5, 5.41) is 0. The second-order valence-electron chi connectivity index (χ2n) is 1.78. The third kappa shape index (κ3) is 1.92. The minimum Gasteiger partial charge on any atom is -0.204 e. The zero-order valence-electron chi connectivity index (χ0n) is 4.97. The van der Waals surface area contributed by atoms with Crippen molar-refractivity contribution >= 4 is 54.5 Å². The minimum atomic E-state index is -0.843. The highest BCUT2D eigenvalue weighted by atomic mass is 127. The molecule has 0 aliphatic rings. The summed E-state index contributed by atoms with van der Waals surface area (Å²) in [5.74, 6) is -1.66. The van der Waals surface area contributed by atoms with Gasteiger partial charge in [-0.05, 0) is 60.5 Å². The van der Waals surface area contributed by atoms with Gasteiger partial charge in [-0.2, -0.15) is 0 Å². The van der Waals surface area contributed by atoms with Gasteiger partial charge in [-0.15, -0.1) is 0 Å². The number of hydrogen-bond donors (Lipinski definition) is 0. The molecule has 0 aliphatic carbocycles. The van der Waals surface area contributed by atoms with E-state index < -0.39 is 11.6 Å². The summed E-state index contributed by atoms with van der Waals surface area (Å²) in [6, 6.07) is 1.08. The molecule has 0 aliphatic heterocycles. The third-order valence-electron chi connectivity index (χ3n) is 1.06. The van der Waals surface area contributed by atoms with E-state index in [1.54, 1.807) is 22.6 Å². The molecular formula is C6HBr2F2I. The van der Waals surface area contributed by atoms with Gasteiger partial charge < -0.3 is 0 Å². The minimum absolute atomic E-state index is 0.245. The van der Waals surface area contributed by atoms with Crippen LogP contribution in [0.4, 0.5) is 8.78 Å². The van der Waals surface area contributed by atoms with Gasteiger partial charge in [0.15, 0.2) is 11.6 Å². The molecule has 0 heterocycles. The molecule has 0 fully saturated rings. The average Bonchev–Trinajstić information content (AvgIpc) is 1.97. The number of benzene rings is 1. The van der Waals surface area contributed by atoms with Crippen LogP contribution < -0.4 is 0 Å². The van der Waals surface area contributed by atoms with Crippen molar-refractivity contribution in [1.82, 2.24) is 0 Å². The summed E-state index contributed by atoms with van der Waals surface area (Å²) in [6.07, 6.45) is 0. The monoisotopic (exact) mass is 396 g/mol. The molecule has 0 atom stereocenters. The Labute approximate surface area is 92.8 Å². The Kier molecular flexibility index (Phi) is 3.27. The molecule has 0 amide bonds. The van der Waals surface area contributed by atoms with Crippen molar-refractivity contribution in [2.75, 3.05) is 0 Å². The van der Waals surface area contributed by atoms with Gasteiger partial charge in [-0.25, -0.2) is 8.78 Å². The maximum Gasteiger partial charge on any atom is 0.173 e. The number of rotatable bonds is 0. The van der Waals surface area contributed by atoms with Crippen molar-refractivity contribution in [3.05, 3.63) is 30.2 Å². The zero-order valence-corrected chi connectivity index (χ0v) is 10.3. The summed E-state index contributed by atoms with van der Waals surface area (Å²) < 4.78 is 26.6. The second kappa shape index (κ2) is 3.66. The lowest BCUT2D eigenvalue weighted by Crippen LogP contribution is -1.90. The molecular weight excluding hydrogens is 397 g/mol. The van der Waals surface area contributed by atoms with Crippen LogP contribution in [-0.2, 0) is 0 Å². The van der Waals surface area contributed by atoms with Crippen LogP contribution in [0, 0.1) is 15.2 Å². The van der Waals surface area contributed by atoms with Gasteiger partial charge in [0.05, 0.1) is 3.57 Å². The lowest BCUT2D eigenvalue weighted by molar-refractivity contribution is 0.502. The van der Waals surface area contributed by atoms with E-state index >= 15 is 0 Å². The van der Waals surface area contributed by atoms with E-state index in [1.165, 1.54) is 0 Å². The standard InChI is InChI=1S/C6HBr2F2I/c7-2-1-3(9)5(10)6(11)4(2)8/h1H. The van der Waals surface area contributed by atoms with Crippen LogP contribution in [0.15, 0.2) is 15.0 Å². The fourth-order valence-corrected chi connectivity index (χ4v) is 2.15. The lowest BCUT2D eigenvalue weighted by atomic mass is 10.3. The molecule has 0 N–H and O–H groups in total. The van der Waals surface area contributed by atoms with Crippen molar-refractivity contribution in [3.63, 3.8) is 0 Å². The first-order valence-corrected chi connectivity index (χ1v) is 5.19. The van der Waals surface area contributed by atoms with Crippen molar-refractivity contribution in [2.45, 2.75) is 0 Å². The molecule has 0 aromatic heterocycles. The van der Waals surface area contributed by atoms with Crippen molar-refractivity contribution in [2.24, 2.45) is 0 Å². The van der Waals surface area contributed by atoms with Crippen LogP contribution in [0.2, 0.25) is 0 Å². The maximum atomic E-state index is 12.7. The van der Waals surface area contributed by atoms with Crippen LogP contribution in [-0.4, -0.2) is 0 Å². The Bertz CT molecular complexity index is 275. The molecule has 0 unspecified atom stereocenters. The Morgan fingerprint density at radius 3 is 2.36 bits per heavy atom. The van der Waals surface area contributed by atoms with Crippen molar-refractivity contribution < 1.29 is 8.78 Å². The van der Waals surface area contributed by atoms with E-state index in [0.717, 1.165) is 6.07 Å². The normalized spacial score (nSPS) is 10.3. The Hall–Kier alpha value is 0.770. The van der Waals surface area contributed by atoms with Crippen LogP contribution in [0.5, 0.6) is 0 Å². The van der Waals surface area contributed by atoms with Gasteiger partial charge in [0.1, 0.15) is 0 Å². The highest BCUT2D eigenvalue weighted by molar-refractivity contribution is 14.1. The average molecular weight is 398 g/mol. The smallest absolute Gasteiger partial charge is 0.173 e. The maximum absolute atomic E-state index is 12.7. The van der Waals surface area contributed by atoms with Crippen LogP contribution in [0.25, 0.3) is 0 Å². The quantitative estimate of drug-likeness (QED) is 0.351. The summed E-state index contributed by atoms with van der Waals surface area (Å²) >= 11 is 7.90. The van der Waals surface area contributed by atoms with Gasteiger partial charge in [0, 0.05) is 8.95 Å². The molecule has 1 aromatic carbocycles. The molecule has 0 nitrogen and oxygen atoms in total. The fourth-order valence-electron chi connectivity index (χ4n) is 0.544. The molecule has 0 spiro atoms. The summed E-state index contributed by atoms with van der Waals surface area (Å²) in [6.45, 7) is 0. The van der Waals surface area contributed by atoms with E-state index in [2.05, 4.69) is 31.9 Å². The predicted octanol–water partition coefficient (Wildman–Crippen LogP) is 4.09. The molecule has 5 heteroatoms. The van der Waals surface area contributed by atoms with E-state index in [1.807, 2.05) is 0 Å². The van der Waals surface area contributed by atoms with Gasteiger partial charge in [-0.3, -0.25) is 0 Å². The molecule has 0 saturated carbocycles. The summed E-state index contributed by atoms with van der Waals surface area (Å²) in [4.78, 5) is 0. The predicted molar refractivity (Wildman–Crippen MR) is 54.5 cm³/mol. The lowest BCUT2D eigenvalue weighted by Gasteiger charge is -2.01. The van der Waals surface area contributed by atoms with E-state index in [-0.39, 0.29) is 3.57 Å². The van der Waals surface area contributed by atoms with E-state index in [9.17, 15) is 8.78 Å². The summed E-state index contributed by atoms with van der Waals surface area (Å²) in [5.41, 5.74) is 0. The molecule has 1 aromatic rings. The topological polar surface area (TPSA) is 0 Å². The SMILES string of the molecule is Fc1cc(Br)c(Br)c(I)c1F. The van der Waals surface area contributed by atoms with Crippen LogP contribution in [0.1, 0.15) is 0 Å². The Morgan fingerprint density at radius 2 is 1.82 bits per heavy atom. The van der Waals surface area contributed by atoms with Crippen molar-refractivity contribution in [1.29, 1.82) is 0 Å². The zero-order chi connectivity index (χ0) is 8.59. The van der Waals surface area contributed by atoms with Crippen LogP contribution in [0.3, 0.4) is 0 Å². The largest absolute Gasteiger partial charge is 0.204 e. The molecule has 11 heavy (non-hydrogen) atoms. The first-order chi connectivity index (χ1) is 5.04. The Balaban J connectivity index is 3.46. The number of halogens is 5. The first kappa shape index (κ1) is 9.85. The van der Waals surface area contributed by atoms with Gasteiger partial charge >= 0.3 is 0 Å². The molecule has 60 valence electrons. The van der Waals surface area contributed by atoms with E-state index in [0.29, 0.717) is 8.95 Å². The number of hydrogen-bond acceptors (Lipinski definition) is 0. The Morgan fingerprint density at radius 1 is 1.27 bits per heavy atom.